The molecule has 2 atom stereocenters. The van der Waals surface area contributed by atoms with Crippen LogP contribution >= 0.6 is 0 Å². The van der Waals surface area contributed by atoms with Gasteiger partial charge in [-0.05, 0) is 27.9 Å². The van der Waals surface area contributed by atoms with Crippen molar-refractivity contribution in [1.82, 2.24) is 15.2 Å². The Balaban J connectivity index is 2.68. The summed E-state index contributed by atoms with van der Waals surface area (Å²) in [4.78, 5) is 4.73. The molecule has 0 aliphatic carbocycles. The van der Waals surface area contributed by atoms with E-state index < -0.39 is 0 Å². The van der Waals surface area contributed by atoms with Crippen LogP contribution in [0.2, 0.25) is 0 Å². The largest absolute Gasteiger partial charge is 0.303 e. The summed E-state index contributed by atoms with van der Waals surface area (Å²) in [6.45, 7) is 7.53. The van der Waals surface area contributed by atoms with Gasteiger partial charge in [0.2, 0.25) is 0 Å². The lowest BCUT2D eigenvalue weighted by Crippen LogP contribution is -2.59. The topological polar surface area (TPSA) is 44.5 Å². The Kier molecular flexibility index (Phi) is 4.73. The molecule has 0 saturated carbocycles. The zero-order chi connectivity index (χ0) is 11.4. The molecule has 1 aliphatic heterocycles. The highest BCUT2D eigenvalue weighted by atomic mass is 15.3. The number of likely N-dealkylation sites (N-methyl/N-ethyl adjacent to an activating group) is 2. The zero-order valence-corrected chi connectivity index (χ0v) is 10.3. The molecule has 0 bridgehead atoms. The summed E-state index contributed by atoms with van der Waals surface area (Å²) >= 11 is 0. The molecule has 1 fully saturated rings. The third kappa shape index (κ3) is 3.57. The Morgan fingerprint density at radius 3 is 2.60 bits per heavy atom. The Morgan fingerprint density at radius 2 is 2.07 bits per heavy atom. The van der Waals surface area contributed by atoms with Crippen LogP contribution in [0.1, 0.15) is 13.8 Å². The van der Waals surface area contributed by atoms with E-state index in [4.69, 9.17) is 5.84 Å². The molecule has 15 heavy (non-hydrogen) atoms. The molecule has 0 aromatic carbocycles. The van der Waals surface area contributed by atoms with Gasteiger partial charge in [-0.1, -0.05) is 11.6 Å². The summed E-state index contributed by atoms with van der Waals surface area (Å²) in [5.41, 5.74) is 4.21. The second kappa shape index (κ2) is 5.61. The number of hydrazine groups is 1. The number of nitrogens with one attached hydrogen (secondary N) is 1. The highest BCUT2D eigenvalue weighted by Gasteiger charge is 2.27. The van der Waals surface area contributed by atoms with Gasteiger partial charge in [-0.3, -0.25) is 16.2 Å². The molecule has 0 spiro atoms. The van der Waals surface area contributed by atoms with Gasteiger partial charge < -0.3 is 4.90 Å². The standard InChI is InChI=1S/C11H24N4/c1-9(2)7-10(13-12)11-8-14(3)5-6-15(11)4/h7,10-11,13H,5-6,8,12H2,1-4H3. The minimum Gasteiger partial charge on any atom is -0.303 e. The summed E-state index contributed by atoms with van der Waals surface area (Å²) in [5.74, 6) is 5.62. The van der Waals surface area contributed by atoms with E-state index in [9.17, 15) is 0 Å². The van der Waals surface area contributed by atoms with Gasteiger partial charge in [0.25, 0.3) is 0 Å². The van der Waals surface area contributed by atoms with Crippen LogP contribution in [-0.4, -0.2) is 55.6 Å². The molecular formula is C11H24N4. The minimum absolute atomic E-state index is 0.239. The van der Waals surface area contributed by atoms with Gasteiger partial charge in [0.05, 0.1) is 6.04 Å². The molecule has 0 amide bonds. The Hall–Kier alpha value is -0.420. The number of hydrogen-bond donors (Lipinski definition) is 2. The second-order valence-electron chi connectivity index (χ2n) is 4.75. The van der Waals surface area contributed by atoms with Gasteiger partial charge in [0.15, 0.2) is 0 Å². The van der Waals surface area contributed by atoms with E-state index in [0.717, 1.165) is 19.6 Å². The molecule has 2 unspecified atom stereocenters. The van der Waals surface area contributed by atoms with E-state index in [-0.39, 0.29) is 6.04 Å². The number of nitrogens with zero attached hydrogens (tertiary/aromatic N) is 2. The van der Waals surface area contributed by atoms with Gasteiger partial charge in [-0.2, -0.15) is 0 Å². The zero-order valence-electron chi connectivity index (χ0n) is 10.3. The first-order valence-corrected chi connectivity index (χ1v) is 5.54. The van der Waals surface area contributed by atoms with Crippen LogP contribution in [0.25, 0.3) is 0 Å². The summed E-state index contributed by atoms with van der Waals surface area (Å²) in [7, 11) is 4.33. The predicted molar refractivity (Wildman–Crippen MR) is 64.5 cm³/mol. The van der Waals surface area contributed by atoms with Crippen molar-refractivity contribution in [1.29, 1.82) is 0 Å². The molecule has 4 nitrogen and oxygen atoms in total. The highest BCUT2D eigenvalue weighted by Crippen LogP contribution is 2.11. The summed E-state index contributed by atoms with van der Waals surface area (Å²) in [5, 5.41) is 0. The monoisotopic (exact) mass is 212 g/mol. The SMILES string of the molecule is CC(C)=CC(NN)C1CN(C)CCN1C. The molecule has 0 aromatic rings. The fourth-order valence-electron chi connectivity index (χ4n) is 2.06. The van der Waals surface area contributed by atoms with Crippen LogP contribution in [0.15, 0.2) is 11.6 Å². The van der Waals surface area contributed by atoms with Crippen molar-refractivity contribution < 1.29 is 0 Å². The van der Waals surface area contributed by atoms with Crippen molar-refractivity contribution in [2.45, 2.75) is 25.9 Å². The Labute approximate surface area is 93.1 Å². The molecule has 4 heteroatoms. The fraction of sp³-hybridized carbons (Fsp3) is 0.818. The Bertz CT molecular complexity index is 223. The molecule has 88 valence electrons. The first-order valence-electron chi connectivity index (χ1n) is 5.54. The van der Waals surface area contributed by atoms with Crippen LogP contribution in [-0.2, 0) is 0 Å². The van der Waals surface area contributed by atoms with E-state index in [1.165, 1.54) is 5.57 Å². The van der Waals surface area contributed by atoms with Crippen molar-refractivity contribution >= 4 is 0 Å². The molecular weight excluding hydrogens is 188 g/mol. The lowest BCUT2D eigenvalue weighted by atomic mass is 10.0. The molecule has 1 rings (SSSR count). The van der Waals surface area contributed by atoms with Crippen molar-refractivity contribution in [2.24, 2.45) is 5.84 Å². The van der Waals surface area contributed by atoms with Crippen LogP contribution in [0.5, 0.6) is 0 Å². The van der Waals surface area contributed by atoms with Gasteiger partial charge in [-0.15, -0.1) is 0 Å². The van der Waals surface area contributed by atoms with E-state index in [2.05, 4.69) is 49.2 Å². The van der Waals surface area contributed by atoms with Crippen molar-refractivity contribution in [3.05, 3.63) is 11.6 Å². The summed E-state index contributed by atoms with van der Waals surface area (Å²) in [6.07, 6.45) is 2.21. The number of nitrogens with two attached hydrogens (primary N) is 1. The van der Waals surface area contributed by atoms with Crippen LogP contribution in [0, 0.1) is 0 Å². The smallest absolute Gasteiger partial charge is 0.0560 e. The molecule has 0 aromatic heterocycles. The second-order valence-corrected chi connectivity index (χ2v) is 4.75. The molecule has 1 heterocycles. The maximum atomic E-state index is 5.62. The third-order valence-corrected chi connectivity index (χ3v) is 3.02. The third-order valence-electron chi connectivity index (χ3n) is 3.02. The van der Waals surface area contributed by atoms with Gasteiger partial charge >= 0.3 is 0 Å². The van der Waals surface area contributed by atoms with Crippen molar-refractivity contribution in [3.63, 3.8) is 0 Å². The fourth-order valence-corrected chi connectivity index (χ4v) is 2.06. The maximum absolute atomic E-state index is 5.62. The number of rotatable bonds is 3. The van der Waals surface area contributed by atoms with Crippen molar-refractivity contribution in [3.8, 4) is 0 Å². The number of piperazine rings is 1. The highest BCUT2D eigenvalue weighted by molar-refractivity contribution is 5.06. The quantitative estimate of drug-likeness (QED) is 0.394. The predicted octanol–water partition coefficient (Wildman–Crippen LogP) is 0.0303. The summed E-state index contributed by atoms with van der Waals surface area (Å²) < 4.78 is 0. The van der Waals surface area contributed by atoms with E-state index in [1.54, 1.807) is 0 Å². The number of allylic oxidation sites excluding steroid dienone is 1. The molecule has 1 saturated heterocycles. The normalized spacial score (nSPS) is 26.3. The van der Waals surface area contributed by atoms with Gasteiger partial charge in [-0.25, -0.2) is 0 Å². The van der Waals surface area contributed by atoms with Crippen LogP contribution < -0.4 is 11.3 Å². The Morgan fingerprint density at radius 1 is 1.40 bits per heavy atom. The van der Waals surface area contributed by atoms with Crippen LogP contribution in [0.4, 0.5) is 0 Å². The first kappa shape index (κ1) is 12.6. The first-order chi connectivity index (χ1) is 7.04. The number of hydrogen-bond acceptors (Lipinski definition) is 4. The average molecular weight is 212 g/mol. The van der Waals surface area contributed by atoms with Gasteiger partial charge in [0, 0.05) is 25.7 Å². The van der Waals surface area contributed by atoms with E-state index >= 15 is 0 Å². The van der Waals surface area contributed by atoms with Crippen molar-refractivity contribution in [2.75, 3.05) is 33.7 Å². The lowest BCUT2D eigenvalue weighted by Gasteiger charge is -2.41. The maximum Gasteiger partial charge on any atom is 0.0560 e. The minimum atomic E-state index is 0.239. The summed E-state index contributed by atoms with van der Waals surface area (Å²) in [6, 6.07) is 0.700. The van der Waals surface area contributed by atoms with Crippen LogP contribution in [0.3, 0.4) is 0 Å². The molecule has 0 radical (unpaired) electrons. The molecule has 1 aliphatic rings. The molecule has 3 N–H and O–H groups in total. The van der Waals surface area contributed by atoms with E-state index in [1.807, 2.05) is 0 Å². The van der Waals surface area contributed by atoms with E-state index in [0.29, 0.717) is 6.04 Å². The lowest BCUT2D eigenvalue weighted by molar-refractivity contribution is 0.0984. The van der Waals surface area contributed by atoms with Gasteiger partial charge in [0.1, 0.15) is 0 Å². The average Bonchev–Trinajstić information content (AvgIpc) is 2.18.